The van der Waals surface area contributed by atoms with Gasteiger partial charge in [0.1, 0.15) is 11.4 Å². The number of hydrogen-bond donors (Lipinski definition) is 1. The molecule has 0 spiro atoms. The molecular weight excluding hydrogens is 228 g/mol. The maximum atomic E-state index is 10.7. The van der Waals surface area contributed by atoms with Gasteiger partial charge in [-0.15, -0.1) is 11.8 Å². The number of ether oxygens (including phenoxy) is 1. The van der Waals surface area contributed by atoms with Crippen molar-refractivity contribution in [3.8, 4) is 5.75 Å². The Labute approximate surface area is 98.1 Å². The molecule has 0 amide bonds. The van der Waals surface area contributed by atoms with Gasteiger partial charge in [0.2, 0.25) is 0 Å². The van der Waals surface area contributed by atoms with Crippen molar-refractivity contribution in [2.45, 2.75) is 18.2 Å². The molecule has 0 aliphatic rings. The molecule has 0 heterocycles. The molecule has 0 fully saturated rings. The Morgan fingerprint density at radius 1 is 1.56 bits per heavy atom. The first-order valence-electron chi connectivity index (χ1n) is 4.84. The summed E-state index contributed by atoms with van der Waals surface area (Å²) in [6.07, 6.45) is 2.73. The zero-order valence-corrected chi connectivity index (χ0v) is 10.0. The van der Waals surface area contributed by atoms with Crippen molar-refractivity contribution in [1.29, 1.82) is 0 Å². The number of rotatable bonds is 5. The first-order valence-corrected chi connectivity index (χ1v) is 6.07. The molecule has 1 aromatic rings. The maximum absolute atomic E-state index is 10.7. The fraction of sp³-hybridized carbons (Fsp3) is 0.400. The van der Waals surface area contributed by atoms with Gasteiger partial charge in [-0.3, -0.25) is 10.1 Å². The second kappa shape index (κ2) is 5.60. The summed E-state index contributed by atoms with van der Waals surface area (Å²) in [6, 6.07) is 2.96. The molecule has 0 radical (unpaired) electrons. The van der Waals surface area contributed by atoms with E-state index in [0.29, 0.717) is 12.4 Å². The highest BCUT2D eigenvalue weighted by Gasteiger charge is 2.16. The van der Waals surface area contributed by atoms with Crippen LogP contribution in [-0.4, -0.2) is 17.8 Å². The van der Waals surface area contributed by atoms with Crippen LogP contribution in [0.15, 0.2) is 17.0 Å². The summed E-state index contributed by atoms with van der Waals surface area (Å²) in [7, 11) is 0. The first-order chi connectivity index (χ1) is 7.60. The highest BCUT2D eigenvalue weighted by atomic mass is 32.2. The molecule has 1 aromatic carbocycles. The summed E-state index contributed by atoms with van der Waals surface area (Å²) in [5.74, 6) is 0.523. The minimum absolute atomic E-state index is 0.107. The van der Waals surface area contributed by atoms with Crippen molar-refractivity contribution in [1.82, 2.24) is 0 Å². The average molecular weight is 242 g/mol. The number of hydrogen-bond acceptors (Lipinski definition) is 5. The van der Waals surface area contributed by atoms with Crippen LogP contribution >= 0.6 is 11.8 Å². The van der Waals surface area contributed by atoms with Gasteiger partial charge in [-0.2, -0.15) is 0 Å². The third-order valence-electron chi connectivity index (χ3n) is 1.97. The lowest BCUT2D eigenvalue weighted by atomic mass is 10.2. The fourth-order valence-corrected chi connectivity index (χ4v) is 1.77. The van der Waals surface area contributed by atoms with Crippen LogP contribution in [0.4, 0.5) is 11.4 Å². The van der Waals surface area contributed by atoms with E-state index in [1.54, 1.807) is 6.07 Å². The molecule has 0 saturated carbocycles. The molecule has 0 aliphatic heterocycles. The number of nitro benzene ring substituents is 1. The molecule has 0 saturated heterocycles. The fourth-order valence-electron chi connectivity index (χ4n) is 1.21. The van der Waals surface area contributed by atoms with Crippen LogP contribution in [0.1, 0.15) is 13.3 Å². The third-order valence-corrected chi connectivity index (χ3v) is 2.73. The lowest BCUT2D eigenvalue weighted by molar-refractivity contribution is -0.384. The summed E-state index contributed by atoms with van der Waals surface area (Å²) in [5.41, 5.74) is 5.64. The number of thioether (sulfide) groups is 1. The van der Waals surface area contributed by atoms with E-state index in [0.717, 1.165) is 11.3 Å². The predicted octanol–water partition coefficient (Wildman–Crippen LogP) is 2.69. The minimum atomic E-state index is -0.502. The Bertz CT molecular complexity index is 396. The van der Waals surface area contributed by atoms with E-state index in [1.807, 2.05) is 13.2 Å². The van der Waals surface area contributed by atoms with Crippen molar-refractivity contribution in [2.24, 2.45) is 0 Å². The van der Waals surface area contributed by atoms with Gasteiger partial charge in [-0.05, 0) is 18.7 Å². The van der Waals surface area contributed by atoms with Crippen molar-refractivity contribution < 1.29 is 9.66 Å². The van der Waals surface area contributed by atoms with Gasteiger partial charge >= 0.3 is 0 Å². The Morgan fingerprint density at radius 2 is 2.25 bits per heavy atom. The Morgan fingerprint density at radius 3 is 2.75 bits per heavy atom. The van der Waals surface area contributed by atoms with Gasteiger partial charge in [0, 0.05) is 0 Å². The van der Waals surface area contributed by atoms with E-state index in [9.17, 15) is 10.1 Å². The monoisotopic (exact) mass is 242 g/mol. The van der Waals surface area contributed by atoms with E-state index >= 15 is 0 Å². The van der Waals surface area contributed by atoms with Crippen molar-refractivity contribution in [3.63, 3.8) is 0 Å². The maximum Gasteiger partial charge on any atom is 0.295 e. The number of anilines is 1. The van der Waals surface area contributed by atoms with Gasteiger partial charge in [-0.1, -0.05) is 6.92 Å². The SMILES string of the molecule is CCCOc1cc([N+](=O)[O-])c(N)cc1SC. The van der Waals surface area contributed by atoms with Crippen LogP contribution in [0.5, 0.6) is 5.75 Å². The number of nitrogens with two attached hydrogens (primary N) is 1. The molecule has 2 N–H and O–H groups in total. The Hall–Kier alpha value is -1.43. The zero-order chi connectivity index (χ0) is 12.1. The molecule has 5 nitrogen and oxygen atoms in total. The number of nitrogen functional groups attached to an aromatic ring is 1. The largest absolute Gasteiger partial charge is 0.492 e. The first kappa shape index (κ1) is 12.6. The van der Waals surface area contributed by atoms with E-state index in [-0.39, 0.29) is 11.4 Å². The summed E-state index contributed by atoms with van der Waals surface area (Å²) >= 11 is 1.45. The van der Waals surface area contributed by atoms with Crippen LogP contribution in [0, 0.1) is 10.1 Å². The summed E-state index contributed by atoms with van der Waals surface area (Å²) in [4.78, 5) is 11.0. The van der Waals surface area contributed by atoms with E-state index in [1.165, 1.54) is 17.8 Å². The molecule has 0 unspecified atom stereocenters. The van der Waals surface area contributed by atoms with E-state index < -0.39 is 4.92 Å². The molecular formula is C10H14N2O3S. The van der Waals surface area contributed by atoms with E-state index in [2.05, 4.69) is 0 Å². The molecule has 0 aromatic heterocycles. The molecule has 88 valence electrons. The van der Waals surface area contributed by atoms with Crippen LogP contribution in [-0.2, 0) is 0 Å². The van der Waals surface area contributed by atoms with Crippen LogP contribution in [0.3, 0.4) is 0 Å². The summed E-state index contributed by atoms with van der Waals surface area (Å²) < 4.78 is 5.44. The van der Waals surface area contributed by atoms with Gasteiger partial charge < -0.3 is 10.5 Å². The molecule has 0 aliphatic carbocycles. The lowest BCUT2D eigenvalue weighted by Gasteiger charge is -2.10. The smallest absolute Gasteiger partial charge is 0.295 e. The highest BCUT2D eigenvalue weighted by molar-refractivity contribution is 7.98. The Balaban J connectivity index is 3.12. The van der Waals surface area contributed by atoms with Gasteiger partial charge in [0.15, 0.2) is 0 Å². The number of nitro groups is 1. The van der Waals surface area contributed by atoms with Crippen molar-refractivity contribution >= 4 is 23.1 Å². The molecule has 1 rings (SSSR count). The second-order valence-electron chi connectivity index (χ2n) is 3.17. The van der Waals surface area contributed by atoms with Crippen LogP contribution < -0.4 is 10.5 Å². The second-order valence-corrected chi connectivity index (χ2v) is 4.02. The number of benzene rings is 1. The topological polar surface area (TPSA) is 78.4 Å². The standard InChI is InChI=1S/C10H14N2O3S/c1-3-4-15-9-6-8(12(13)14)7(11)5-10(9)16-2/h5-6H,3-4,11H2,1-2H3. The van der Waals surface area contributed by atoms with Crippen LogP contribution in [0.25, 0.3) is 0 Å². The van der Waals surface area contributed by atoms with Crippen LogP contribution in [0.2, 0.25) is 0 Å². The predicted molar refractivity (Wildman–Crippen MR) is 65.1 cm³/mol. The highest BCUT2D eigenvalue weighted by Crippen LogP contribution is 2.35. The van der Waals surface area contributed by atoms with E-state index in [4.69, 9.17) is 10.5 Å². The van der Waals surface area contributed by atoms with Gasteiger partial charge in [0.05, 0.1) is 22.5 Å². The summed E-state index contributed by atoms with van der Waals surface area (Å²) in [5, 5.41) is 10.7. The molecule has 16 heavy (non-hydrogen) atoms. The normalized spacial score (nSPS) is 10.1. The van der Waals surface area contributed by atoms with Crippen molar-refractivity contribution in [3.05, 3.63) is 22.2 Å². The molecule has 0 bridgehead atoms. The average Bonchev–Trinajstić information content (AvgIpc) is 2.26. The molecule has 0 atom stereocenters. The van der Waals surface area contributed by atoms with Crippen molar-refractivity contribution in [2.75, 3.05) is 18.6 Å². The zero-order valence-electron chi connectivity index (χ0n) is 9.23. The van der Waals surface area contributed by atoms with Gasteiger partial charge in [0.25, 0.3) is 5.69 Å². The minimum Gasteiger partial charge on any atom is -0.492 e. The third kappa shape index (κ3) is 2.79. The Kier molecular flexibility index (Phi) is 4.42. The van der Waals surface area contributed by atoms with Gasteiger partial charge in [-0.25, -0.2) is 0 Å². The molecule has 6 heteroatoms. The lowest BCUT2D eigenvalue weighted by Crippen LogP contribution is -2.01. The number of nitrogens with zero attached hydrogens (tertiary/aromatic N) is 1. The quantitative estimate of drug-likeness (QED) is 0.371. The summed E-state index contributed by atoms with van der Waals surface area (Å²) in [6.45, 7) is 2.51.